The van der Waals surface area contributed by atoms with Gasteiger partial charge in [-0.3, -0.25) is 4.79 Å². The maximum Gasteiger partial charge on any atom is 0.270 e. The Labute approximate surface area is 164 Å². The number of hydrogen-bond donors (Lipinski definition) is 1. The fourth-order valence-electron chi connectivity index (χ4n) is 2.77. The Kier molecular flexibility index (Phi) is 6.04. The number of nitrogens with one attached hydrogen (secondary N) is 1. The van der Waals surface area contributed by atoms with Crippen molar-refractivity contribution < 1.29 is 4.79 Å². The minimum atomic E-state index is -0.235. The molecule has 0 atom stereocenters. The van der Waals surface area contributed by atoms with E-state index in [2.05, 4.69) is 15.3 Å². The minimum absolute atomic E-state index is 0.235. The van der Waals surface area contributed by atoms with Crippen molar-refractivity contribution in [2.24, 2.45) is 0 Å². The molecule has 0 unspecified atom stereocenters. The number of anilines is 2. The Morgan fingerprint density at radius 3 is 2.44 bits per heavy atom. The SMILES string of the molecule is CCN(c1ccccc1)c1cc(C(=O)NCc2ccc(Cl)cc2)nc(C)n1. The van der Waals surface area contributed by atoms with Crippen LogP contribution in [0.4, 0.5) is 11.5 Å². The van der Waals surface area contributed by atoms with Gasteiger partial charge in [0.15, 0.2) is 0 Å². The first kappa shape index (κ1) is 18.9. The first-order valence-corrected chi connectivity index (χ1v) is 9.15. The first-order valence-electron chi connectivity index (χ1n) is 8.77. The third-order valence-electron chi connectivity index (χ3n) is 4.08. The van der Waals surface area contributed by atoms with Crippen molar-refractivity contribution in [3.8, 4) is 0 Å². The number of halogens is 1. The van der Waals surface area contributed by atoms with Gasteiger partial charge < -0.3 is 10.2 Å². The van der Waals surface area contributed by atoms with Crippen molar-refractivity contribution in [3.05, 3.63) is 82.8 Å². The number of carbonyl (C=O) groups is 1. The topological polar surface area (TPSA) is 58.1 Å². The predicted octanol–water partition coefficient (Wildman–Crippen LogP) is 4.53. The number of nitrogens with zero attached hydrogens (tertiary/aromatic N) is 3. The summed E-state index contributed by atoms with van der Waals surface area (Å²) in [6.07, 6.45) is 0. The Morgan fingerprint density at radius 1 is 1.07 bits per heavy atom. The maximum atomic E-state index is 12.6. The number of hydrogen-bond acceptors (Lipinski definition) is 4. The summed E-state index contributed by atoms with van der Waals surface area (Å²) in [7, 11) is 0. The highest BCUT2D eigenvalue weighted by molar-refractivity contribution is 6.30. The molecular formula is C21H21ClN4O. The summed E-state index contributed by atoms with van der Waals surface area (Å²) in [5.41, 5.74) is 2.34. The molecule has 5 nitrogen and oxygen atoms in total. The molecule has 1 N–H and O–H groups in total. The Bertz CT molecular complexity index is 913. The van der Waals surface area contributed by atoms with Gasteiger partial charge in [-0.05, 0) is 43.7 Å². The van der Waals surface area contributed by atoms with E-state index >= 15 is 0 Å². The van der Waals surface area contributed by atoms with Gasteiger partial charge in [-0.25, -0.2) is 9.97 Å². The highest BCUT2D eigenvalue weighted by atomic mass is 35.5. The molecule has 3 aromatic rings. The van der Waals surface area contributed by atoms with Gasteiger partial charge in [0.25, 0.3) is 5.91 Å². The second-order valence-electron chi connectivity index (χ2n) is 6.05. The fourth-order valence-corrected chi connectivity index (χ4v) is 2.89. The average Bonchev–Trinajstić information content (AvgIpc) is 2.68. The highest BCUT2D eigenvalue weighted by Crippen LogP contribution is 2.23. The quantitative estimate of drug-likeness (QED) is 0.682. The summed E-state index contributed by atoms with van der Waals surface area (Å²) >= 11 is 5.89. The molecule has 0 bridgehead atoms. The molecule has 0 spiro atoms. The Morgan fingerprint density at radius 2 is 1.78 bits per heavy atom. The van der Waals surface area contributed by atoms with Crippen LogP contribution in [-0.2, 0) is 6.54 Å². The number of aromatic nitrogens is 2. The highest BCUT2D eigenvalue weighted by Gasteiger charge is 2.15. The van der Waals surface area contributed by atoms with Crippen LogP contribution in [0.15, 0.2) is 60.7 Å². The molecule has 2 aromatic carbocycles. The van der Waals surface area contributed by atoms with Gasteiger partial charge >= 0.3 is 0 Å². The van der Waals surface area contributed by atoms with Crippen molar-refractivity contribution in [2.75, 3.05) is 11.4 Å². The van der Waals surface area contributed by atoms with Gasteiger partial charge in [0.05, 0.1) is 0 Å². The van der Waals surface area contributed by atoms with Crippen LogP contribution in [0.25, 0.3) is 0 Å². The van der Waals surface area contributed by atoms with Crippen LogP contribution in [-0.4, -0.2) is 22.4 Å². The van der Waals surface area contributed by atoms with Crippen molar-refractivity contribution in [1.82, 2.24) is 15.3 Å². The zero-order valence-electron chi connectivity index (χ0n) is 15.3. The van der Waals surface area contributed by atoms with Crippen molar-refractivity contribution >= 4 is 29.0 Å². The maximum absolute atomic E-state index is 12.6. The van der Waals surface area contributed by atoms with E-state index in [1.54, 1.807) is 25.1 Å². The summed E-state index contributed by atoms with van der Waals surface area (Å²) in [5, 5.41) is 3.56. The van der Waals surface area contributed by atoms with E-state index in [4.69, 9.17) is 11.6 Å². The minimum Gasteiger partial charge on any atom is -0.347 e. The van der Waals surface area contributed by atoms with E-state index in [0.717, 1.165) is 17.8 Å². The number of rotatable bonds is 6. The van der Waals surface area contributed by atoms with E-state index in [1.165, 1.54) is 0 Å². The number of carbonyl (C=O) groups excluding carboxylic acids is 1. The molecule has 0 aliphatic heterocycles. The molecule has 3 rings (SSSR count). The van der Waals surface area contributed by atoms with Gasteiger partial charge in [-0.15, -0.1) is 0 Å². The van der Waals surface area contributed by atoms with Gasteiger partial charge in [-0.1, -0.05) is 41.9 Å². The van der Waals surface area contributed by atoms with Crippen LogP contribution in [0.1, 0.15) is 28.8 Å². The zero-order chi connectivity index (χ0) is 19.2. The largest absolute Gasteiger partial charge is 0.347 e. The van der Waals surface area contributed by atoms with Crippen LogP contribution in [0.2, 0.25) is 5.02 Å². The van der Waals surface area contributed by atoms with Crippen molar-refractivity contribution in [2.45, 2.75) is 20.4 Å². The normalized spacial score (nSPS) is 10.5. The van der Waals surface area contributed by atoms with Crippen LogP contribution in [0.3, 0.4) is 0 Å². The van der Waals surface area contributed by atoms with E-state index in [1.807, 2.05) is 54.3 Å². The predicted molar refractivity (Wildman–Crippen MR) is 109 cm³/mol. The molecule has 1 amide bonds. The molecule has 0 saturated carbocycles. The lowest BCUT2D eigenvalue weighted by Gasteiger charge is -2.22. The number of amides is 1. The van der Waals surface area contributed by atoms with Gasteiger partial charge in [-0.2, -0.15) is 0 Å². The fraction of sp³-hybridized carbons (Fsp3) is 0.190. The number of aryl methyl sites for hydroxylation is 1. The summed E-state index contributed by atoms with van der Waals surface area (Å²) in [6.45, 7) is 4.97. The van der Waals surface area contributed by atoms with Crippen LogP contribution < -0.4 is 10.2 Å². The van der Waals surface area contributed by atoms with Gasteiger partial charge in [0, 0.05) is 29.9 Å². The lowest BCUT2D eigenvalue weighted by atomic mass is 10.2. The molecule has 0 aliphatic rings. The third-order valence-corrected chi connectivity index (χ3v) is 4.34. The van der Waals surface area contributed by atoms with E-state index in [-0.39, 0.29) is 5.91 Å². The third kappa shape index (κ3) is 4.83. The molecule has 6 heteroatoms. The lowest BCUT2D eigenvalue weighted by Crippen LogP contribution is -2.25. The zero-order valence-corrected chi connectivity index (χ0v) is 16.1. The Hall–Kier alpha value is -2.92. The van der Waals surface area contributed by atoms with Crippen LogP contribution >= 0.6 is 11.6 Å². The summed E-state index contributed by atoms with van der Waals surface area (Å²) < 4.78 is 0. The smallest absolute Gasteiger partial charge is 0.270 e. The second kappa shape index (κ2) is 8.64. The Balaban J connectivity index is 1.79. The first-order chi connectivity index (χ1) is 13.1. The summed E-state index contributed by atoms with van der Waals surface area (Å²) in [4.78, 5) is 23.4. The number of para-hydroxylation sites is 1. The van der Waals surface area contributed by atoms with E-state index < -0.39 is 0 Å². The molecule has 0 fully saturated rings. The molecule has 1 heterocycles. The average molecular weight is 381 g/mol. The summed E-state index contributed by atoms with van der Waals surface area (Å²) in [6, 6.07) is 19.0. The summed E-state index contributed by atoms with van der Waals surface area (Å²) in [5.74, 6) is 1.02. The van der Waals surface area contributed by atoms with Crippen molar-refractivity contribution in [3.63, 3.8) is 0 Å². The van der Waals surface area contributed by atoms with Crippen molar-refractivity contribution in [1.29, 1.82) is 0 Å². The van der Waals surface area contributed by atoms with Crippen LogP contribution in [0, 0.1) is 6.92 Å². The number of benzene rings is 2. The lowest BCUT2D eigenvalue weighted by molar-refractivity contribution is 0.0945. The molecule has 0 saturated heterocycles. The molecule has 27 heavy (non-hydrogen) atoms. The second-order valence-corrected chi connectivity index (χ2v) is 6.48. The van der Waals surface area contributed by atoms with Gasteiger partial charge in [0.1, 0.15) is 17.3 Å². The molecule has 0 aliphatic carbocycles. The van der Waals surface area contributed by atoms with E-state index in [9.17, 15) is 4.79 Å². The van der Waals surface area contributed by atoms with Gasteiger partial charge in [0.2, 0.25) is 0 Å². The molecular weight excluding hydrogens is 360 g/mol. The van der Waals surface area contributed by atoms with E-state index in [0.29, 0.717) is 28.9 Å². The monoisotopic (exact) mass is 380 g/mol. The molecule has 0 radical (unpaired) electrons. The van der Waals surface area contributed by atoms with Crippen LogP contribution in [0.5, 0.6) is 0 Å². The molecule has 138 valence electrons. The molecule has 1 aromatic heterocycles. The standard InChI is InChI=1S/C21H21ClN4O/c1-3-26(18-7-5-4-6-8-18)20-13-19(24-15(2)25-20)21(27)23-14-16-9-11-17(22)12-10-16/h4-13H,3,14H2,1-2H3,(H,23,27).